The van der Waals surface area contributed by atoms with E-state index in [0.29, 0.717) is 24.3 Å². The van der Waals surface area contributed by atoms with Crippen LogP contribution in [-0.4, -0.2) is 40.1 Å². The summed E-state index contributed by atoms with van der Waals surface area (Å²) in [5.41, 5.74) is 1.50. The van der Waals surface area contributed by atoms with Gasteiger partial charge in [-0.05, 0) is 60.9 Å². The fraction of sp³-hybridized carbons (Fsp3) is 0.350. The predicted molar refractivity (Wildman–Crippen MR) is 113 cm³/mol. The molecule has 0 spiro atoms. The van der Waals surface area contributed by atoms with Crippen LogP contribution in [0.15, 0.2) is 52.3 Å². The van der Waals surface area contributed by atoms with Crippen molar-refractivity contribution in [3.05, 3.63) is 48.0 Å². The van der Waals surface area contributed by atoms with Gasteiger partial charge in [-0.2, -0.15) is 4.31 Å². The minimum absolute atomic E-state index is 0.0408. The predicted octanol–water partition coefficient (Wildman–Crippen LogP) is 2.55. The standard InChI is InChI=1S/C20H23N3O5S2/c24-20-14-15-13-18(9-10-19(15)21-20)29(25,26)22-16-5-7-17(8-6-16)30(27,28)23-11-3-1-2-4-12-23/h5-10,13,22H,1-4,11-12,14H2,(H,21,24). The molecule has 0 radical (unpaired) electrons. The number of benzene rings is 2. The second-order valence-corrected chi connectivity index (χ2v) is 11.1. The van der Waals surface area contributed by atoms with Gasteiger partial charge in [0.05, 0.1) is 16.2 Å². The summed E-state index contributed by atoms with van der Waals surface area (Å²) in [6, 6.07) is 10.2. The molecule has 1 saturated heterocycles. The van der Waals surface area contributed by atoms with E-state index in [0.717, 1.165) is 25.7 Å². The number of nitrogens with one attached hydrogen (secondary N) is 2. The van der Waals surface area contributed by atoms with E-state index < -0.39 is 20.0 Å². The van der Waals surface area contributed by atoms with E-state index >= 15 is 0 Å². The van der Waals surface area contributed by atoms with Gasteiger partial charge in [-0.1, -0.05) is 12.8 Å². The van der Waals surface area contributed by atoms with Crippen molar-refractivity contribution >= 4 is 37.3 Å². The molecule has 2 aliphatic rings. The van der Waals surface area contributed by atoms with Crippen LogP contribution in [0.2, 0.25) is 0 Å². The van der Waals surface area contributed by atoms with Crippen molar-refractivity contribution in [2.45, 2.75) is 41.9 Å². The summed E-state index contributed by atoms with van der Waals surface area (Å²) in [4.78, 5) is 11.7. The highest BCUT2D eigenvalue weighted by molar-refractivity contribution is 7.92. The number of nitrogens with zero attached hydrogens (tertiary/aromatic N) is 1. The van der Waals surface area contributed by atoms with Crippen molar-refractivity contribution in [2.75, 3.05) is 23.1 Å². The molecule has 2 heterocycles. The van der Waals surface area contributed by atoms with E-state index in [1.165, 1.54) is 40.7 Å². The Kier molecular flexibility index (Phi) is 5.56. The molecule has 0 saturated carbocycles. The van der Waals surface area contributed by atoms with Crippen molar-refractivity contribution in [2.24, 2.45) is 0 Å². The third-order valence-corrected chi connectivity index (χ3v) is 8.61. The normalized spacial score (nSPS) is 17.8. The van der Waals surface area contributed by atoms with Crippen LogP contribution >= 0.6 is 0 Å². The van der Waals surface area contributed by atoms with E-state index in [9.17, 15) is 21.6 Å². The van der Waals surface area contributed by atoms with E-state index in [1.54, 1.807) is 6.07 Å². The summed E-state index contributed by atoms with van der Waals surface area (Å²) in [7, 11) is -7.47. The number of hydrogen-bond acceptors (Lipinski definition) is 5. The molecular weight excluding hydrogens is 426 g/mol. The third kappa shape index (κ3) is 4.21. The second-order valence-electron chi connectivity index (χ2n) is 7.49. The Balaban J connectivity index is 1.52. The number of amides is 1. The zero-order chi connectivity index (χ0) is 21.4. The molecule has 160 valence electrons. The maximum absolute atomic E-state index is 12.8. The molecule has 1 fully saturated rings. The summed E-state index contributed by atoms with van der Waals surface area (Å²) < 4.78 is 55.1. The Bertz CT molecular complexity index is 1170. The SMILES string of the molecule is O=C1Cc2cc(S(=O)(=O)Nc3ccc(S(=O)(=O)N4CCCCCC4)cc3)ccc2N1. The van der Waals surface area contributed by atoms with Crippen molar-refractivity contribution in [3.8, 4) is 0 Å². The van der Waals surface area contributed by atoms with Crippen molar-refractivity contribution in [1.29, 1.82) is 0 Å². The fourth-order valence-electron chi connectivity index (χ4n) is 3.71. The van der Waals surface area contributed by atoms with Crippen LogP contribution in [0.1, 0.15) is 31.2 Å². The molecule has 10 heteroatoms. The molecule has 0 unspecified atom stereocenters. The largest absolute Gasteiger partial charge is 0.326 e. The number of sulfonamides is 2. The van der Waals surface area contributed by atoms with Gasteiger partial charge in [-0.25, -0.2) is 16.8 Å². The number of anilines is 2. The van der Waals surface area contributed by atoms with Gasteiger partial charge < -0.3 is 5.32 Å². The lowest BCUT2D eigenvalue weighted by atomic mass is 10.2. The zero-order valence-corrected chi connectivity index (χ0v) is 17.9. The minimum atomic E-state index is -3.87. The number of hydrogen-bond donors (Lipinski definition) is 2. The summed E-state index contributed by atoms with van der Waals surface area (Å²) >= 11 is 0. The Morgan fingerprint density at radius 3 is 2.13 bits per heavy atom. The van der Waals surface area contributed by atoms with Crippen LogP contribution < -0.4 is 10.0 Å². The number of carbonyl (C=O) groups excluding carboxylic acids is 1. The first-order valence-electron chi connectivity index (χ1n) is 9.81. The average Bonchev–Trinajstić information content (AvgIpc) is 2.89. The Labute approximate surface area is 176 Å². The zero-order valence-electron chi connectivity index (χ0n) is 16.3. The van der Waals surface area contributed by atoms with Crippen LogP contribution in [0.5, 0.6) is 0 Å². The van der Waals surface area contributed by atoms with Crippen LogP contribution in [0.25, 0.3) is 0 Å². The number of fused-ring (bicyclic) bond motifs is 1. The van der Waals surface area contributed by atoms with Crippen molar-refractivity contribution in [3.63, 3.8) is 0 Å². The van der Waals surface area contributed by atoms with Gasteiger partial charge in [0.15, 0.2) is 0 Å². The van der Waals surface area contributed by atoms with Crippen molar-refractivity contribution in [1.82, 2.24) is 4.31 Å². The maximum atomic E-state index is 12.8. The van der Waals surface area contributed by atoms with E-state index in [4.69, 9.17) is 0 Å². The monoisotopic (exact) mass is 449 g/mol. The topological polar surface area (TPSA) is 113 Å². The number of rotatable bonds is 5. The van der Waals surface area contributed by atoms with E-state index in [-0.39, 0.29) is 27.8 Å². The third-order valence-electron chi connectivity index (χ3n) is 5.32. The van der Waals surface area contributed by atoms with Gasteiger partial charge in [0.1, 0.15) is 0 Å². The van der Waals surface area contributed by atoms with Crippen molar-refractivity contribution < 1.29 is 21.6 Å². The van der Waals surface area contributed by atoms with Gasteiger partial charge >= 0.3 is 0 Å². The molecule has 8 nitrogen and oxygen atoms in total. The summed E-state index contributed by atoms with van der Waals surface area (Å²) in [6.07, 6.45) is 3.89. The summed E-state index contributed by atoms with van der Waals surface area (Å²) in [5.74, 6) is -0.172. The smallest absolute Gasteiger partial charge is 0.261 e. The molecule has 30 heavy (non-hydrogen) atoms. The lowest BCUT2D eigenvalue weighted by Crippen LogP contribution is -2.31. The lowest BCUT2D eigenvalue weighted by molar-refractivity contribution is -0.115. The average molecular weight is 450 g/mol. The Morgan fingerprint density at radius 2 is 1.47 bits per heavy atom. The van der Waals surface area contributed by atoms with Crippen LogP contribution in [-0.2, 0) is 31.3 Å². The molecule has 0 aliphatic carbocycles. The number of carbonyl (C=O) groups is 1. The fourth-order valence-corrected chi connectivity index (χ4v) is 6.34. The molecule has 0 bridgehead atoms. The van der Waals surface area contributed by atoms with Gasteiger partial charge in [0, 0.05) is 24.5 Å². The van der Waals surface area contributed by atoms with E-state index in [1.807, 2.05) is 0 Å². The molecular formula is C20H23N3O5S2. The molecule has 2 aliphatic heterocycles. The minimum Gasteiger partial charge on any atom is -0.326 e. The van der Waals surface area contributed by atoms with Crippen LogP contribution in [0.3, 0.4) is 0 Å². The van der Waals surface area contributed by atoms with Gasteiger partial charge in [0.25, 0.3) is 10.0 Å². The molecule has 2 aromatic rings. The van der Waals surface area contributed by atoms with Crippen LogP contribution in [0.4, 0.5) is 11.4 Å². The Morgan fingerprint density at radius 1 is 0.833 bits per heavy atom. The molecule has 0 atom stereocenters. The molecule has 2 aromatic carbocycles. The highest BCUT2D eigenvalue weighted by atomic mass is 32.2. The lowest BCUT2D eigenvalue weighted by Gasteiger charge is -2.20. The highest BCUT2D eigenvalue weighted by Gasteiger charge is 2.26. The molecule has 4 rings (SSSR count). The summed E-state index contributed by atoms with van der Waals surface area (Å²) in [5, 5.41) is 2.66. The summed E-state index contributed by atoms with van der Waals surface area (Å²) in [6.45, 7) is 1.01. The van der Waals surface area contributed by atoms with E-state index in [2.05, 4.69) is 10.0 Å². The van der Waals surface area contributed by atoms with Gasteiger partial charge in [-0.3, -0.25) is 9.52 Å². The first-order chi connectivity index (χ1) is 14.3. The second kappa shape index (κ2) is 8.01. The molecule has 1 amide bonds. The first-order valence-corrected chi connectivity index (χ1v) is 12.7. The maximum Gasteiger partial charge on any atom is 0.261 e. The molecule has 2 N–H and O–H groups in total. The van der Waals surface area contributed by atoms with Crippen LogP contribution in [0, 0.1) is 0 Å². The quantitative estimate of drug-likeness (QED) is 0.728. The highest BCUT2D eigenvalue weighted by Crippen LogP contribution is 2.27. The molecule has 0 aromatic heterocycles. The first kappa shape index (κ1) is 20.8. The van der Waals surface area contributed by atoms with Gasteiger partial charge in [-0.15, -0.1) is 0 Å². The van der Waals surface area contributed by atoms with Gasteiger partial charge in [0.2, 0.25) is 15.9 Å². The Hall–Kier alpha value is -2.43.